The highest BCUT2D eigenvalue weighted by atomic mass is 16.5. The van der Waals surface area contributed by atoms with E-state index in [-0.39, 0.29) is 0 Å². The van der Waals surface area contributed by atoms with Crippen LogP contribution in [-0.4, -0.2) is 48.2 Å². The van der Waals surface area contributed by atoms with Crippen LogP contribution in [0.1, 0.15) is 25.5 Å². The summed E-state index contributed by atoms with van der Waals surface area (Å²) in [5.74, 6) is 2.05. The molecule has 0 bridgehead atoms. The maximum absolute atomic E-state index is 5.44. The molecule has 0 saturated carbocycles. The molecule has 0 radical (unpaired) electrons. The molecule has 1 N–H and O–H groups in total. The van der Waals surface area contributed by atoms with Gasteiger partial charge in [0.1, 0.15) is 0 Å². The number of nitrogens with zero attached hydrogens (tertiary/aromatic N) is 3. The summed E-state index contributed by atoms with van der Waals surface area (Å²) in [4.78, 5) is 11.2. The summed E-state index contributed by atoms with van der Waals surface area (Å²) >= 11 is 0. The summed E-state index contributed by atoms with van der Waals surface area (Å²) in [5.41, 5.74) is 0.935. The Morgan fingerprint density at radius 2 is 2.11 bits per heavy atom. The van der Waals surface area contributed by atoms with E-state index in [9.17, 15) is 0 Å². The van der Waals surface area contributed by atoms with Gasteiger partial charge >= 0.3 is 0 Å². The quantitative estimate of drug-likeness (QED) is 0.880. The Kier molecular flexibility index (Phi) is 4.96. The highest BCUT2D eigenvalue weighted by molar-refractivity contribution is 5.30. The summed E-state index contributed by atoms with van der Waals surface area (Å²) in [6.45, 7) is 7.87. The third-order valence-corrected chi connectivity index (χ3v) is 3.51. The zero-order chi connectivity index (χ0) is 13.7. The van der Waals surface area contributed by atoms with Crippen LogP contribution in [0, 0.1) is 12.8 Å². The minimum absolute atomic E-state index is 0.630. The van der Waals surface area contributed by atoms with Crippen LogP contribution >= 0.6 is 0 Å². The lowest BCUT2D eigenvalue weighted by Gasteiger charge is -2.28. The normalized spacial score (nSPS) is 17.4. The molecule has 0 spiro atoms. The lowest BCUT2D eigenvalue weighted by Crippen LogP contribution is -2.33. The Balaban J connectivity index is 1.88. The summed E-state index contributed by atoms with van der Waals surface area (Å²) in [5, 5.41) is 3.35. The first-order valence-corrected chi connectivity index (χ1v) is 7.08. The van der Waals surface area contributed by atoms with Crippen LogP contribution < -0.4 is 10.1 Å². The first kappa shape index (κ1) is 14.1. The van der Waals surface area contributed by atoms with Crippen LogP contribution in [0.25, 0.3) is 0 Å². The molecule has 1 aromatic rings. The Labute approximate surface area is 115 Å². The average Bonchev–Trinajstić information content (AvgIpc) is 2.38. The zero-order valence-electron chi connectivity index (χ0n) is 12.1. The largest absolute Gasteiger partial charge is 0.478 e. The Bertz CT molecular complexity index is 402. The van der Waals surface area contributed by atoms with Crippen molar-refractivity contribution >= 4 is 5.95 Å². The number of rotatable bonds is 5. The highest BCUT2D eigenvalue weighted by Crippen LogP contribution is 2.17. The highest BCUT2D eigenvalue weighted by Gasteiger charge is 2.16. The lowest BCUT2D eigenvalue weighted by atomic mass is 9.97. The van der Waals surface area contributed by atoms with Crippen LogP contribution in [0.15, 0.2) is 6.07 Å². The molecule has 0 aromatic carbocycles. The fourth-order valence-corrected chi connectivity index (χ4v) is 2.34. The van der Waals surface area contributed by atoms with Crippen LogP contribution in [0.3, 0.4) is 0 Å². The van der Waals surface area contributed by atoms with Crippen LogP contribution in [0.5, 0.6) is 5.88 Å². The lowest BCUT2D eigenvalue weighted by molar-refractivity contribution is 0.226. The maximum atomic E-state index is 5.44. The van der Waals surface area contributed by atoms with E-state index >= 15 is 0 Å². The van der Waals surface area contributed by atoms with E-state index in [1.54, 1.807) is 0 Å². The van der Waals surface area contributed by atoms with E-state index in [1.165, 1.54) is 25.9 Å². The van der Waals surface area contributed by atoms with Crippen molar-refractivity contribution in [3.63, 3.8) is 0 Å². The number of hydrogen-bond acceptors (Lipinski definition) is 5. The molecule has 19 heavy (non-hydrogen) atoms. The summed E-state index contributed by atoms with van der Waals surface area (Å²) < 4.78 is 5.44. The van der Waals surface area contributed by atoms with Gasteiger partial charge in [-0.25, -0.2) is 4.98 Å². The van der Waals surface area contributed by atoms with Crippen molar-refractivity contribution in [2.75, 3.05) is 38.6 Å². The number of hydrogen-bond donors (Lipinski definition) is 1. The molecule has 106 valence electrons. The van der Waals surface area contributed by atoms with Crippen molar-refractivity contribution in [1.29, 1.82) is 0 Å². The third kappa shape index (κ3) is 4.35. The van der Waals surface area contributed by atoms with E-state index in [0.29, 0.717) is 18.4 Å². The predicted molar refractivity (Wildman–Crippen MR) is 76.6 cm³/mol. The molecule has 0 aliphatic carbocycles. The summed E-state index contributed by atoms with van der Waals surface area (Å²) in [7, 11) is 2.18. The van der Waals surface area contributed by atoms with E-state index in [0.717, 1.165) is 18.2 Å². The molecule has 1 aromatic heterocycles. The van der Waals surface area contributed by atoms with Crippen LogP contribution in [0.4, 0.5) is 5.95 Å². The Morgan fingerprint density at radius 1 is 1.37 bits per heavy atom. The monoisotopic (exact) mass is 264 g/mol. The molecule has 2 rings (SSSR count). The second kappa shape index (κ2) is 6.70. The molecular formula is C14H24N4O. The zero-order valence-corrected chi connectivity index (χ0v) is 12.1. The SMILES string of the molecule is CCOc1cc(C)nc(NCC2CCN(C)CC2)n1. The number of aryl methyl sites for hydroxylation is 1. The van der Waals surface area contributed by atoms with Gasteiger partial charge in [0, 0.05) is 18.3 Å². The molecule has 1 aliphatic heterocycles. The van der Waals surface area contributed by atoms with E-state index in [4.69, 9.17) is 4.74 Å². The first-order valence-electron chi connectivity index (χ1n) is 7.08. The molecule has 5 nitrogen and oxygen atoms in total. The van der Waals surface area contributed by atoms with Gasteiger partial charge in [-0.2, -0.15) is 4.98 Å². The second-order valence-corrected chi connectivity index (χ2v) is 5.23. The van der Waals surface area contributed by atoms with Crippen LogP contribution in [0.2, 0.25) is 0 Å². The fraction of sp³-hybridized carbons (Fsp3) is 0.714. The molecule has 5 heteroatoms. The van der Waals surface area contributed by atoms with Crippen molar-refractivity contribution in [3.8, 4) is 5.88 Å². The van der Waals surface area contributed by atoms with Gasteiger partial charge in [-0.1, -0.05) is 0 Å². The van der Waals surface area contributed by atoms with E-state index in [1.807, 2.05) is 19.9 Å². The summed E-state index contributed by atoms with van der Waals surface area (Å²) in [6.07, 6.45) is 2.49. The van der Waals surface area contributed by atoms with Crippen molar-refractivity contribution < 1.29 is 4.74 Å². The minimum Gasteiger partial charge on any atom is -0.478 e. The standard InChI is InChI=1S/C14H24N4O/c1-4-19-13-9-11(2)16-14(17-13)15-10-12-5-7-18(3)8-6-12/h9,12H,4-8,10H2,1-3H3,(H,15,16,17). The number of aromatic nitrogens is 2. The van der Waals surface area contributed by atoms with Gasteiger partial charge in [-0.15, -0.1) is 0 Å². The summed E-state index contributed by atoms with van der Waals surface area (Å²) in [6, 6.07) is 1.87. The molecule has 0 atom stereocenters. The van der Waals surface area contributed by atoms with Gasteiger partial charge in [0.05, 0.1) is 6.61 Å². The van der Waals surface area contributed by atoms with Gasteiger partial charge in [-0.3, -0.25) is 0 Å². The Hall–Kier alpha value is -1.36. The van der Waals surface area contributed by atoms with E-state index in [2.05, 4.69) is 27.2 Å². The second-order valence-electron chi connectivity index (χ2n) is 5.23. The first-order chi connectivity index (χ1) is 9.17. The van der Waals surface area contributed by atoms with Crippen molar-refractivity contribution in [1.82, 2.24) is 14.9 Å². The van der Waals surface area contributed by atoms with Gasteiger partial charge in [-0.05, 0) is 52.7 Å². The van der Waals surface area contributed by atoms with Crippen molar-refractivity contribution in [3.05, 3.63) is 11.8 Å². The number of ether oxygens (including phenoxy) is 1. The van der Waals surface area contributed by atoms with Crippen molar-refractivity contribution in [2.24, 2.45) is 5.92 Å². The number of piperidine rings is 1. The number of likely N-dealkylation sites (tertiary alicyclic amines) is 1. The van der Waals surface area contributed by atoms with Gasteiger partial charge in [0.25, 0.3) is 0 Å². The predicted octanol–water partition coefficient (Wildman–Crippen LogP) is 1.94. The molecular weight excluding hydrogens is 240 g/mol. The smallest absolute Gasteiger partial charge is 0.226 e. The molecule has 0 amide bonds. The Morgan fingerprint density at radius 3 is 2.79 bits per heavy atom. The number of anilines is 1. The molecule has 1 fully saturated rings. The third-order valence-electron chi connectivity index (χ3n) is 3.51. The number of nitrogens with one attached hydrogen (secondary N) is 1. The topological polar surface area (TPSA) is 50.3 Å². The van der Waals surface area contributed by atoms with Crippen LogP contribution in [-0.2, 0) is 0 Å². The molecule has 0 unspecified atom stereocenters. The van der Waals surface area contributed by atoms with Gasteiger partial charge < -0.3 is 15.0 Å². The fourth-order valence-electron chi connectivity index (χ4n) is 2.34. The van der Waals surface area contributed by atoms with E-state index < -0.39 is 0 Å². The minimum atomic E-state index is 0.630. The molecule has 1 aliphatic rings. The molecule has 1 saturated heterocycles. The van der Waals surface area contributed by atoms with Gasteiger partial charge in [0.15, 0.2) is 0 Å². The molecule has 2 heterocycles. The maximum Gasteiger partial charge on any atom is 0.226 e. The average molecular weight is 264 g/mol. The van der Waals surface area contributed by atoms with Crippen molar-refractivity contribution in [2.45, 2.75) is 26.7 Å². The van der Waals surface area contributed by atoms with Gasteiger partial charge in [0.2, 0.25) is 11.8 Å².